The second-order valence-electron chi connectivity index (χ2n) is 9.85. The first-order chi connectivity index (χ1) is 19.4. The maximum atomic E-state index is 13.2. The van der Waals surface area contributed by atoms with Crippen molar-refractivity contribution in [1.29, 1.82) is 5.26 Å². The molecule has 0 spiro atoms. The number of carbonyl (C=O) groups is 1. The van der Waals surface area contributed by atoms with Crippen molar-refractivity contribution in [2.24, 2.45) is 0 Å². The third-order valence-electron chi connectivity index (χ3n) is 7.49. The summed E-state index contributed by atoms with van der Waals surface area (Å²) in [6, 6.07) is 12.6. The van der Waals surface area contributed by atoms with Crippen LogP contribution in [0.3, 0.4) is 0 Å². The number of fused-ring (bicyclic) bond motifs is 1. The number of halogens is 1. The molecule has 2 fully saturated rings. The van der Waals surface area contributed by atoms with Gasteiger partial charge in [-0.1, -0.05) is 11.6 Å². The van der Waals surface area contributed by atoms with Crippen molar-refractivity contribution >= 4 is 40.0 Å². The number of anilines is 2. The fraction of sp³-hybridized carbons (Fsp3) is 0.276. The van der Waals surface area contributed by atoms with Crippen LogP contribution in [-0.2, 0) is 0 Å². The largest absolute Gasteiger partial charge is 0.477 e. The van der Waals surface area contributed by atoms with E-state index >= 15 is 0 Å². The van der Waals surface area contributed by atoms with E-state index in [9.17, 15) is 20.0 Å². The second kappa shape index (κ2) is 10.5. The lowest BCUT2D eigenvalue weighted by atomic mass is 10.0. The molecule has 2 aliphatic heterocycles. The van der Waals surface area contributed by atoms with Crippen LogP contribution in [0.4, 0.5) is 11.5 Å². The molecule has 1 N–H and O–H groups in total. The van der Waals surface area contributed by atoms with Crippen LogP contribution in [0.25, 0.3) is 16.6 Å². The van der Waals surface area contributed by atoms with E-state index in [1.165, 1.54) is 12.3 Å². The van der Waals surface area contributed by atoms with Gasteiger partial charge in [0.25, 0.3) is 0 Å². The van der Waals surface area contributed by atoms with Crippen LogP contribution in [-0.4, -0.2) is 57.9 Å². The van der Waals surface area contributed by atoms with Crippen molar-refractivity contribution in [2.45, 2.75) is 25.3 Å². The van der Waals surface area contributed by atoms with Gasteiger partial charge in [0, 0.05) is 37.4 Å². The molecule has 0 bridgehead atoms. The molecular formula is C29H25ClN6O4. The number of hydrogen-bond donors (Lipinski definition) is 1. The zero-order valence-corrected chi connectivity index (χ0v) is 22.2. The van der Waals surface area contributed by atoms with Crippen LogP contribution in [0.15, 0.2) is 59.8 Å². The molecule has 1 atom stereocenters. The lowest BCUT2D eigenvalue weighted by molar-refractivity contribution is 0.0695. The number of aromatic nitrogens is 3. The second-order valence-corrected chi connectivity index (χ2v) is 10.3. The molecule has 2 aliphatic rings. The Bertz CT molecular complexity index is 1710. The minimum Gasteiger partial charge on any atom is -0.477 e. The highest BCUT2D eigenvalue weighted by molar-refractivity contribution is 6.31. The molecule has 10 nitrogen and oxygen atoms in total. The molecule has 2 saturated heterocycles. The molecule has 6 rings (SSSR count). The van der Waals surface area contributed by atoms with Gasteiger partial charge in [0.15, 0.2) is 0 Å². The Balaban J connectivity index is 1.44. The van der Waals surface area contributed by atoms with Gasteiger partial charge in [0.1, 0.15) is 29.1 Å². The summed E-state index contributed by atoms with van der Waals surface area (Å²) in [6.45, 7) is 2.90. The van der Waals surface area contributed by atoms with Crippen molar-refractivity contribution in [3.8, 4) is 17.6 Å². The number of carboxylic acid groups (broad SMARTS) is 1. The van der Waals surface area contributed by atoms with Crippen molar-refractivity contribution < 1.29 is 14.6 Å². The maximum Gasteiger partial charge on any atom is 0.341 e. The molecule has 11 heteroatoms. The number of aromatic carboxylic acids is 1. The van der Waals surface area contributed by atoms with E-state index in [1.807, 2.05) is 12.1 Å². The first kappa shape index (κ1) is 25.6. The third-order valence-corrected chi connectivity index (χ3v) is 7.77. The molecule has 4 aromatic rings. The van der Waals surface area contributed by atoms with Crippen LogP contribution < -0.4 is 20.0 Å². The Morgan fingerprint density at radius 3 is 2.70 bits per heavy atom. The lowest BCUT2D eigenvalue weighted by Gasteiger charge is -2.32. The number of nitrogens with zero attached hydrogens (tertiary/aromatic N) is 6. The minimum atomic E-state index is -1.33. The highest BCUT2D eigenvalue weighted by atomic mass is 35.5. The zero-order valence-electron chi connectivity index (χ0n) is 21.5. The van der Waals surface area contributed by atoms with E-state index < -0.39 is 11.4 Å². The number of ether oxygens (including phenoxy) is 1. The molecule has 0 unspecified atom stereocenters. The fourth-order valence-electron chi connectivity index (χ4n) is 5.29. The Hall–Kier alpha value is -4.62. The van der Waals surface area contributed by atoms with Gasteiger partial charge in [-0.25, -0.2) is 14.8 Å². The monoisotopic (exact) mass is 556 g/mol. The molecule has 0 radical (unpaired) electrons. The number of hydrogen-bond acceptors (Lipinski definition) is 8. The summed E-state index contributed by atoms with van der Waals surface area (Å²) < 4.78 is 7.59. The first-order valence-electron chi connectivity index (χ1n) is 13.0. The predicted molar refractivity (Wildman–Crippen MR) is 151 cm³/mol. The van der Waals surface area contributed by atoms with Crippen LogP contribution in [0.5, 0.6) is 5.88 Å². The first-order valence-corrected chi connectivity index (χ1v) is 13.4. The molecule has 0 aliphatic carbocycles. The number of rotatable bonds is 7. The van der Waals surface area contributed by atoms with Crippen molar-refractivity contribution in [3.05, 3.63) is 81.4 Å². The standard InChI is InChI=1S/C29H25ClN6O4/c30-23-5-1-8-32-28(23)40-17-20-4-2-11-35(20)24-13-25-21(12-18(24)14-31)27(37)22(29(38)39)16-36(25)19-6-7-26(33-15-19)34-9-3-10-34/h1,5-8,12-13,15-16,20H,2-4,9-11,17H2,(H,38,39)/t20-/m1/s1. The van der Waals surface area contributed by atoms with Gasteiger partial charge in [-0.3, -0.25) is 4.79 Å². The molecule has 3 aromatic heterocycles. The van der Waals surface area contributed by atoms with Crippen LogP contribution in [0.2, 0.25) is 5.02 Å². The summed E-state index contributed by atoms with van der Waals surface area (Å²) in [7, 11) is 0. The summed E-state index contributed by atoms with van der Waals surface area (Å²) in [5, 5.41) is 20.4. The molecule has 0 saturated carbocycles. The zero-order chi connectivity index (χ0) is 27.8. The Morgan fingerprint density at radius 1 is 1.18 bits per heavy atom. The van der Waals surface area contributed by atoms with Crippen LogP contribution in [0, 0.1) is 11.3 Å². The van der Waals surface area contributed by atoms with Gasteiger partial charge >= 0.3 is 5.97 Å². The summed E-state index contributed by atoms with van der Waals surface area (Å²) in [5.41, 5.74) is 1.01. The van der Waals surface area contributed by atoms with Crippen molar-refractivity contribution in [2.75, 3.05) is 36.0 Å². The van der Waals surface area contributed by atoms with Crippen LogP contribution >= 0.6 is 11.6 Å². The average Bonchev–Trinajstić information content (AvgIpc) is 3.40. The lowest BCUT2D eigenvalue weighted by Crippen LogP contribution is -2.37. The quantitative estimate of drug-likeness (QED) is 0.355. The van der Waals surface area contributed by atoms with Crippen molar-refractivity contribution in [1.82, 2.24) is 14.5 Å². The predicted octanol–water partition coefficient (Wildman–Crippen LogP) is 4.26. The molecular weight excluding hydrogens is 532 g/mol. The highest BCUT2D eigenvalue weighted by Gasteiger charge is 2.29. The van der Waals surface area contributed by atoms with E-state index in [0.717, 1.165) is 38.2 Å². The minimum absolute atomic E-state index is 0.0569. The van der Waals surface area contributed by atoms with E-state index in [1.54, 1.807) is 35.2 Å². The van der Waals surface area contributed by atoms with Gasteiger partial charge in [-0.2, -0.15) is 5.26 Å². The summed E-state index contributed by atoms with van der Waals surface area (Å²) in [6.07, 6.45) is 7.46. The molecule has 5 heterocycles. The van der Waals surface area contributed by atoms with Gasteiger partial charge in [0.05, 0.1) is 34.7 Å². The van der Waals surface area contributed by atoms with E-state index in [2.05, 4.69) is 25.8 Å². The molecule has 1 aromatic carbocycles. The molecule has 202 valence electrons. The highest BCUT2D eigenvalue weighted by Crippen LogP contribution is 2.33. The number of pyridine rings is 3. The molecule has 0 amide bonds. The van der Waals surface area contributed by atoms with Gasteiger partial charge in [0.2, 0.25) is 11.3 Å². The van der Waals surface area contributed by atoms with E-state index in [4.69, 9.17) is 16.3 Å². The fourth-order valence-corrected chi connectivity index (χ4v) is 5.46. The van der Waals surface area contributed by atoms with Gasteiger partial charge < -0.3 is 24.2 Å². The summed E-state index contributed by atoms with van der Waals surface area (Å²) >= 11 is 6.21. The van der Waals surface area contributed by atoms with E-state index in [0.29, 0.717) is 40.9 Å². The number of nitriles is 1. The Kier molecular flexibility index (Phi) is 6.74. The number of carboxylic acids is 1. The molecule has 40 heavy (non-hydrogen) atoms. The number of benzene rings is 1. The maximum absolute atomic E-state index is 13.2. The average molecular weight is 557 g/mol. The van der Waals surface area contributed by atoms with Gasteiger partial charge in [-0.15, -0.1) is 0 Å². The van der Waals surface area contributed by atoms with Crippen LogP contribution in [0.1, 0.15) is 35.2 Å². The topological polar surface area (TPSA) is 125 Å². The third kappa shape index (κ3) is 4.58. The normalized spacial score (nSPS) is 16.6. The summed E-state index contributed by atoms with van der Waals surface area (Å²) in [4.78, 5) is 38.2. The summed E-state index contributed by atoms with van der Waals surface area (Å²) in [5.74, 6) is -0.142. The SMILES string of the molecule is N#Cc1cc2c(=O)c(C(=O)O)cn(-c3ccc(N4CCC4)nc3)c2cc1N1CCC[C@@H]1COc1ncccc1Cl. The Labute approximate surface area is 234 Å². The van der Waals surface area contributed by atoms with Gasteiger partial charge in [-0.05, 0) is 55.7 Å². The Morgan fingerprint density at radius 2 is 2.02 bits per heavy atom. The smallest absolute Gasteiger partial charge is 0.341 e. The van der Waals surface area contributed by atoms with E-state index in [-0.39, 0.29) is 22.6 Å². The van der Waals surface area contributed by atoms with Crippen molar-refractivity contribution in [3.63, 3.8) is 0 Å².